The molecule has 1 aliphatic heterocycles. The summed E-state index contributed by atoms with van der Waals surface area (Å²) < 4.78 is 0. The van der Waals surface area contributed by atoms with Crippen molar-refractivity contribution in [1.82, 2.24) is 15.6 Å². The average Bonchev–Trinajstić information content (AvgIpc) is 2.62. The normalized spacial score (nSPS) is 21.5. The molecular weight excluding hydrogens is 170 g/mol. The fraction of sp³-hybridized carbons (Fsp3) is 0.286. The maximum Gasteiger partial charge on any atom is 0.263 e. The van der Waals surface area contributed by atoms with Gasteiger partial charge >= 0.3 is 0 Å². The van der Waals surface area contributed by atoms with E-state index in [1.54, 1.807) is 6.07 Å². The van der Waals surface area contributed by atoms with Crippen LogP contribution in [0, 0.1) is 6.92 Å². The van der Waals surface area contributed by atoms with Crippen LogP contribution in [0.4, 0.5) is 0 Å². The molecule has 1 aliphatic rings. The maximum absolute atomic E-state index is 11.0. The fourth-order valence-corrected chi connectivity index (χ4v) is 1.14. The lowest BCUT2D eigenvalue weighted by molar-refractivity contribution is -0.120. The third-order valence-corrected chi connectivity index (χ3v) is 1.83. The van der Waals surface area contributed by atoms with E-state index in [4.69, 9.17) is 5.73 Å². The monoisotopic (exact) mass is 179 g/mol. The van der Waals surface area contributed by atoms with Gasteiger partial charge in [-0.2, -0.15) is 10.2 Å². The third kappa shape index (κ3) is 1.20. The first kappa shape index (κ1) is 7.93. The zero-order valence-electron chi connectivity index (χ0n) is 7.03. The molecule has 2 heterocycles. The number of nitrogens with zero attached hydrogens (tertiary/aromatic N) is 2. The Kier molecular flexibility index (Phi) is 1.63. The topological polar surface area (TPSA) is 96.2 Å². The summed E-state index contributed by atoms with van der Waals surface area (Å²) in [6.07, 6.45) is 0. The second kappa shape index (κ2) is 2.67. The van der Waals surface area contributed by atoms with Crippen molar-refractivity contribution in [2.45, 2.75) is 13.0 Å². The van der Waals surface area contributed by atoms with Gasteiger partial charge in [-0.3, -0.25) is 9.89 Å². The predicted molar refractivity (Wildman–Crippen MR) is 46.0 cm³/mol. The molecule has 0 aliphatic carbocycles. The first-order chi connectivity index (χ1) is 6.18. The summed E-state index contributed by atoms with van der Waals surface area (Å²) in [6.45, 7) is 1.87. The number of nitrogens with two attached hydrogens (primary N) is 1. The Labute approximate surface area is 74.2 Å². The summed E-state index contributed by atoms with van der Waals surface area (Å²) in [7, 11) is 0. The highest BCUT2D eigenvalue weighted by atomic mass is 16.2. The van der Waals surface area contributed by atoms with Crippen LogP contribution < -0.4 is 11.2 Å². The van der Waals surface area contributed by atoms with Crippen molar-refractivity contribution in [2.75, 3.05) is 0 Å². The summed E-state index contributed by atoms with van der Waals surface area (Å²) in [6, 6.07) is 1.08. The number of aromatic nitrogens is 2. The zero-order chi connectivity index (χ0) is 9.42. The number of nitrogens with one attached hydrogen (secondary N) is 2. The molecule has 1 atom stereocenters. The Morgan fingerprint density at radius 2 is 2.38 bits per heavy atom. The molecule has 13 heavy (non-hydrogen) atoms. The number of carbonyl (C=O) groups excluding carboxylic acids is 1. The van der Waals surface area contributed by atoms with Gasteiger partial charge in [-0.05, 0) is 13.0 Å². The number of aryl methyl sites for hydroxylation is 1. The Balaban J connectivity index is 2.33. The van der Waals surface area contributed by atoms with Gasteiger partial charge in [0, 0.05) is 5.69 Å². The first-order valence-electron chi connectivity index (χ1n) is 3.84. The smallest absolute Gasteiger partial charge is 0.263 e. The first-order valence-corrected chi connectivity index (χ1v) is 3.84. The molecule has 1 amide bonds. The van der Waals surface area contributed by atoms with Gasteiger partial charge in [-0.15, -0.1) is 0 Å². The van der Waals surface area contributed by atoms with Crippen molar-refractivity contribution in [2.24, 2.45) is 10.8 Å². The van der Waals surface area contributed by atoms with E-state index in [-0.39, 0.29) is 5.91 Å². The van der Waals surface area contributed by atoms with E-state index in [9.17, 15) is 4.79 Å². The predicted octanol–water partition coefficient (Wildman–Crippen LogP) is -1.12. The zero-order valence-corrected chi connectivity index (χ0v) is 7.03. The second-order valence-electron chi connectivity index (χ2n) is 2.89. The van der Waals surface area contributed by atoms with Crippen molar-refractivity contribution >= 4 is 11.6 Å². The van der Waals surface area contributed by atoms with Crippen LogP contribution in [0.2, 0.25) is 0 Å². The van der Waals surface area contributed by atoms with E-state index in [1.165, 1.54) is 0 Å². The molecule has 0 aromatic carbocycles. The number of H-pyrrole nitrogens is 1. The molecule has 2 rings (SSSR count). The van der Waals surface area contributed by atoms with Gasteiger partial charge in [0.1, 0.15) is 17.4 Å². The van der Waals surface area contributed by atoms with Gasteiger partial charge in [0.15, 0.2) is 0 Å². The number of amides is 1. The Morgan fingerprint density at radius 1 is 1.62 bits per heavy atom. The molecule has 6 heteroatoms. The van der Waals surface area contributed by atoms with Crippen LogP contribution in [0.15, 0.2) is 11.2 Å². The highest BCUT2D eigenvalue weighted by Crippen LogP contribution is 2.06. The Morgan fingerprint density at radius 3 is 2.85 bits per heavy atom. The molecule has 1 aromatic rings. The van der Waals surface area contributed by atoms with Crippen molar-refractivity contribution in [3.8, 4) is 0 Å². The van der Waals surface area contributed by atoms with Crippen LogP contribution in [-0.2, 0) is 4.79 Å². The molecule has 6 nitrogen and oxygen atoms in total. The maximum atomic E-state index is 11.0. The van der Waals surface area contributed by atoms with Crippen molar-refractivity contribution < 1.29 is 4.79 Å². The largest absolute Gasteiger partial charge is 0.315 e. The average molecular weight is 179 g/mol. The molecule has 0 spiro atoms. The lowest BCUT2D eigenvalue weighted by Crippen LogP contribution is -2.37. The standard InChI is InChI=1S/C7H9N5O/c1-3-2-4(10-9-3)6-5(8)7(13)12-11-6/h2,5H,8H2,1H3,(H,9,10)(H,12,13). The van der Waals surface area contributed by atoms with E-state index in [1.807, 2.05) is 6.92 Å². The summed E-state index contributed by atoms with van der Waals surface area (Å²) in [5.74, 6) is -0.296. The molecule has 4 N–H and O–H groups in total. The highest BCUT2D eigenvalue weighted by molar-refractivity contribution is 6.18. The van der Waals surface area contributed by atoms with E-state index < -0.39 is 6.04 Å². The molecule has 0 bridgehead atoms. The minimum absolute atomic E-state index is 0.296. The van der Waals surface area contributed by atoms with Crippen LogP contribution in [0.5, 0.6) is 0 Å². The fourth-order valence-electron chi connectivity index (χ4n) is 1.14. The van der Waals surface area contributed by atoms with Crippen LogP contribution in [0.25, 0.3) is 0 Å². The number of hydrogen-bond acceptors (Lipinski definition) is 4. The molecular formula is C7H9N5O. The SMILES string of the molecule is Cc1cc(C2=NNC(=O)C2N)n[nH]1. The summed E-state index contributed by atoms with van der Waals surface area (Å²) in [5, 5.41) is 10.5. The van der Waals surface area contributed by atoms with Crippen molar-refractivity contribution in [3.63, 3.8) is 0 Å². The van der Waals surface area contributed by atoms with Crippen LogP contribution in [-0.4, -0.2) is 27.9 Å². The summed E-state index contributed by atoms with van der Waals surface area (Å²) in [5.41, 5.74) is 9.87. The molecule has 0 saturated carbocycles. The second-order valence-corrected chi connectivity index (χ2v) is 2.89. The van der Waals surface area contributed by atoms with Crippen LogP contribution >= 0.6 is 0 Å². The van der Waals surface area contributed by atoms with E-state index >= 15 is 0 Å². The number of aromatic amines is 1. The number of hydrazone groups is 1. The summed E-state index contributed by atoms with van der Waals surface area (Å²) in [4.78, 5) is 11.0. The van der Waals surface area contributed by atoms with Crippen molar-refractivity contribution in [3.05, 3.63) is 17.5 Å². The van der Waals surface area contributed by atoms with E-state index in [2.05, 4.69) is 20.7 Å². The third-order valence-electron chi connectivity index (χ3n) is 1.83. The minimum Gasteiger partial charge on any atom is -0.315 e. The molecule has 68 valence electrons. The van der Waals surface area contributed by atoms with Gasteiger partial charge in [-0.1, -0.05) is 0 Å². The quantitative estimate of drug-likeness (QED) is 0.509. The molecule has 1 unspecified atom stereocenters. The van der Waals surface area contributed by atoms with Gasteiger partial charge in [0.25, 0.3) is 5.91 Å². The molecule has 0 fully saturated rings. The van der Waals surface area contributed by atoms with Gasteiger partial charge in [0.05, 0.1) is 0 Å². The Bertz CT molecular complexity index is 380. The lowest BCUT2D eigenvalue weighted by atomic mass is 10.1. The number of carbonyl (C=O) groups is 1. The molecule has 0 radical (unpaired) electrons. The van der Waals surface area contributed by atoms with E-state index in [0.717, 1.165) is 5.69 Å². The highest BCUT2D eigenvalue weighted by Gasteiger charge is 2.28. The van der Waals surface area contributed by atoms with E-state index in [0.29, 0.717) is 11.4 Å². The lowest BCUT2D eigenvalue weighted by Gasteiger charge is -1.98. The van der Waals surface area contributed by atoms with Crippen LogP contribution in [0.1, 0.15) is 11.4 Å². The summed E-state index contributed by atoms with van der Waals surface area (Å²) >= 11 is 0. The molecule has 1 aromatic heterocycles. The van der Waals surface area contributed by atoms with Gasteiger partial charge in [-0.25, -0.2) is 5.43 Å². The Hall–Kier alpha value is -1.69. The van der Waals surface area contributed by atoms with Crippen molar-refractivity contribution in [1.29, 1.82) is 0 Å². The van der Waals surface area contributed by atoms with Crippen LogP contribution in [0.3, 0.4) is 0 Å². The van der Waals surface area contributed by atoms with Gasteiger partial charge < -0.3 is 5.73 Å². The molecule has 0 saturated heterocycles. The van der Waals surface area contributed by atoms with Gasteiger partial charge in [0.2, 0.25) is 0 Å². The number of rotatable bonds is 1. The number of hydrogen-bond donors (Lipinski definition) is 3. The minimum atomic E-state index is -0.706.